The summed E-state index contributed by atoms with van der Waals surface area (Å²) >= 11 is 1.86. The van der Waals surface area contributed by atoms with Gasteiger partial charge in [0.2, 0.25) is 0 Å². The average molecular weight is 466 g/mol. The van der Waals surface area contributed by atoms with E-state index < -0.39 is 0 Å². The maximum atomic E-state index is 5.28. The monoisotopic (exact) mass is 465 g/mol. The molecule has 0 unspecified atom stereocenters. The number of aromatic nitrogens is 3. The SMILES string of the molecule is c1cc(-n2c3ccccc3c3ccccc32)nc(-n2c3ccccc3c3sc4ccccc4c32)c1. The van der Waals surface area contributed by atoms with E-state index in [9.17, 15) is 0 Å². The van der Waals surface area contributed by atoms with E-state index in [-0.39, 0.29) is 0 Å². The van der Waals surface area contributed by atoms with Crippen molar-refractivity contribution in [2.75, 3.05) is 0 Å². The van der Waals surface area contributed by atoms with Crippen LogP contribution < -0.4 is 0 Å². The molecule has 4 aromatic carbocycles. The zero-order chi connectivity index (χ0) is 22.9. The van der Waals surface area contributed by atoms with Crippen molar-refractivity contribution in [2.24, 2.45) is 0 Å². The summed E-state index contributed by atoms with van der Waals surface area (Å²) in [5.41, 5.74) is 4.76. The van der Waals surface area contributed by atoms with Crippen molar-refractivity contribution in [3.8, 4) is 11.6 Å². The molecule has 0 aliphatic heterocycles. The molecule has 0 bridgehead atoms. The molecule has 8 aromatic rings. The number of para-hydroxylation sites is 3. The van der Waals surface area contributed by atoms with Crippen molar-refractivity contribution < 1.29 is 0 Å². The summed E-state index contributed by atoms with van der Waals surface area (Å²) < 4.78 is 7.23. The zero-order valence-electron chi connectivity index (χ0n) is 18.7. The van der Waals surface area contributed by atoms with Crippen LogP contribution in [-0.2, 0) is 0 Å². The fraction of sp³-hybridized carbons (Fsp3) is 0. The summed E-state index contributed by atoms with van der Waals surface area (Å²) in [4.78, 5) is 5.28. The van der Waals surface area contributed by atoms with Crippen LogP contribution in [0.3, 0.4) is 0 Å². The van der Waals surface area contributed by atoms with E-state index in [4.69, 9.17) is 4.98 Å². The standard InChI is InChI=1S/C31H19N3S/c1-5-14-24-20(10-1)21-11-2-6-15-25(21)33(24)28-18-9-19-29(32-28)34-26-16-7-3-12-22(26)31-30(34)23-13-4-8-17-27(23)35-31/h1-19H. The molecule has 4 heteroatoms. The minimum absolute atomic E-state index is 0.922. The Bertz CT molecular complexity index is 2010. The Morgan fingerprint density at radius 3 is 1.66 bits per heavy atom. The molecule has 3 nitrogen and oxygen atoms in total. The molecule has 164 valence electrons. The fourth-order valence-electron chi connectivity index (χ4n) is 5.49. The van der Waals surface area contributed by atoms with Crippen LogP contribution in [-0.4, -0.2) is 14.1 Å². The average Bonchev–Trinajstić information content (AvgIpc) is 3.56. The van der Waals surface area contributed by atoms with Gasteiger partial charge >= 0.3 is 0 Å². The van der Waals surface area contributed by atoms with Crippen LogP contribution in [0.5, 0.6) is 0 Å². The summed E-state index contributed by atoms with van der Waals surface area (Å²) in [6, 6.07) is 40.8. The molecule has 0 saturated heterocycles. The van der Waals surface area contributed by atoms with Gasteiger partial charge in [0.25, 0.3) is 0 Å². The van der Waals surface area contributed by atoms with E-state index in [0.717, 1.165) is 11.6 Å². The van der Waals surface area contributed by atoms with E-state index in [1.165, 1.54) is 53.0 Å². The van der Waals surface area contributed by atoms with E-state index in [1.54, 1.807) is 0 Å². The van der Waals surface area contributed by atoms with Gasteiger partial charge in [-0.25, -0.2) is 4.98 Å². The van der Waals surface area contributed by atoms with Gasteiger partial charge in [-0.05, 0) is 36.4 Å². The summed E-state index contributed by atoms with van der Waals surface area (Å²) in [6.07, 6.45) is 0. The lowest BCUT2D eigenvalue weighted by molar-refractivity contribution is 1.02. The molecular formula is C31H19N3S. The number of fused-ring (bicyclic) bond motifs is 8. The van der Waals surface area contributed by atoms with Gasteiger partial charge in [0.15, 0.2) is 0 Å². The van der Waals surface area contributed by atoms with Crippen LogP contribution in [0.2, 0.25) is 0 Å². The number of thiophene rings is 1. The Balaban J connectivity index is 1.47. The van der Waals surface area contributed by atoms with Crippen molar-refractivity contribution >= 4 is 64.3 Å². The normalized spacial score (nSPS) is 12.0. The highest BCUT2D eigenvalue weighted by Gasteiger charge is 2.19. The van der Waals surface area contributed by atoms with Gasteiger partial charge in [0.05, 0.1) is 26.8 Å². The Morgan fingerprint density at radius 2 is 0.971 bits per heavy atom. The maximum Gasteiger partial charge on any atom is 0.140 e. The first kappa shape index (κ1) is 19.0. The van der Waals surface area contributed by atoms with Gasteiger partial charge in [-0.1, -0.05) is 78.9 Å². The highest BCUT2D eigenvalue weighted by atomic mass is 32.1. The lowest BCUT2D eigenvalue weighted by atomic mass is 10.2. The molecule has 35 heavy (non-hydrogen) atoms. The topological polar surface area (TPSA) is 22.8 Å². The van der Waals surface area contributed by atoms with Crippen molar-refractivity contribution in [2.45, 2.75) is 0 Å². The quantitative estimate of drug-likeness (QED) is 0.251. The molecule has 0 fully saturated rings. The van der Waals surface area contributed by atoms with Crippen LogP contribution in [0.1, 0.15) is 0 Å². The molecule has 0 radical (unpaired) electrons. The third kappa shape index (κ3) is 2.57. The Hall–Kier alpha value is -4.41. The van der Waals surface area contributed by atoms with Gasteiger partial charge in [-0.3, -0.25) is 9.13 Å². The van der Waals surface area contributed by atoms with Crippen LogP contribution in [0, 0.1) is 0 Å². The predicted octanol–water partition coefficient (Wildman–Crippen LogP) is 8.49. The van der Waals surface area contributed by atoms with E-state index >= 15 is 0 Å². The van der Waals surface area contributed by atoms with Gasteiger partial charge in [-0.15, -0.1) is 11.3 Å². The van der Waals surface area contributed by atoms with Gasteiger partial charge in [0, 0.05) is 26.2 Å². The fourth-order valence-corrected chi connectivity index (χ4v) is 6.71. The Kier molecular flexibility index (Phi) is 3.82. The van der Waals surface area contributed by atoms with Crippen LogP contribution in [0.15, 0.2) is 115 Å². The molecule has 8 rings (SSSR count). The summed E-state index contributed by atoms with van der Waals surface area (Å²) in [6.45, 7) is 0. The highest BCUT2D eigenvalue weighted by molar-refractivity contribution is 7.26. The van der Waals surface area contributed by atoms with Gasteiger partial charge < -0.3 is 0 Å². The summed E-state index contributed by atoms with van der Waals surface area (Å²) in [5, 5.41) is 5.03. The first-order valence-corrected chi connectivity index (χ1v) is 12.6. The number of benzene rings is 4. The zero-order valence-corrected chi connectivity index (χ0v) is 19.5. The van der Waals surface area contributed by atoms with Crippen LogP contribution in [0.4, 0.5) is 0 Å². The second-order valence-corrected chi connectivity index (χ2v) is 9.90. The molecular weight excluding hydrogens is 446 g/mol. The smallest absolute Gasteiger partial charge is 0.140 e. The number of hydrogen-bond donors (Lipinski definition) is 0. The largest absolute Gasteiger partial charge is 0.294 e. The molecule has 0 N–H and O–H groups in total. The van der Waals surface area contributed by atoms with Crippen molar-refractivity contribution in [1.82, 2.24) is 14.1 Å². The first-order valence-electron chi connectivity index (χ1n) is 11.8. The molecule has 0 amide bonds. The third-order valence-corrected chi connectivity index (χ3v) is 8.13. The number of nitrogens with zero attached hydrogens (tertiary/aromatic N) is 3. The second-order valence-electron chi connectivity index (χ2n) is 8.85. The lowest BCUT2D eigenvalue weighted by Crippen LogP contribution is -2.03. The van der Waals surface area contributed by atoms with Crippen LogP contribution >= 0.6 is 11.3 Å². The number of pyridine rings is 1. The summed E-state index contributed by atoms with van der Waals surface area (Å²) in [7, 11) is 0. The molecule has 0 aliphatic rings. The van der Waals surface area contributed by atoms with Crippen molar-refractivity contribution in [3.05, 3.63) is 115 Å². The summed E-state index contributed by atoms with van der Waals surface area (Å²) in [5.74, 6) is 1.85. The minimum atomic E-state index is 0.922. The van der Waals surface area contributed by atoms with E-state index in [0.29, 0.717) is 0 Å². The van der Waals surface area contributed by atoms with E-state index in [2.05, 4.69) is 124 Å². The molecule has 4 heterocycles. The molecule has 0 aliphatic carbocycles. The van der Waals surface area contributed by atoms with Gasteiger partial charge in [-0.2, -0.15) is 0 Å². The van der Waals surface area contributed by atoms with Crippen LogP contribution in [0.25, 0.3) is 64.6 Å². The molecule has 0 atom stereocenters. The van der Waals surface area contributed by atoms with E-state index in [1.807, 2.05) is 11.3 Å². The Morgan fingerprint density at radius 1 is 0.457 bits per heavy atom. The highest BCUT2D eigenvalue weighted by Crippen LogP contribution is 2.42. The van der Waals surface area contributed by atoms with Crippen molar-refractivity contribution in [1.29, 1.82) is 0 Å². The Labute approximate surface area is 205 Å². The first-order chi connectivity index (χ1) is 17.4. The number of hydrogen-bond acceptors (Lipinski definition) is 2. The van der Waals surface area contributed by atoms with Crippen molar-refractivity contribution in [3.63, 3.8) is 0 Å². The minimum Gasteiger partial charge on any atom is -0.294 e. The number of rotatable bonds is 2. The predicted molar refractivity (Wildman–Crippen MR) is 148 cm³/mol. The lowest BCUT2D eigenvalue weighted by Gasteiger charge is -2.11. The second kappa shape index (κ2) is 7.05. The maximum absolute atomic E-state index is 5.28. The molecule has 0 spiro atoms. The molecule has 4 aromatic heterocycles. The molecule has 0 saturated carbocycles. The van der Waals surface area contributed by atoms with Gasteiger partial charge in [0.1, 0.15) is 11.6 Å². The third-order valence-electron chi connectivity index (χ3n) is 6.94.